The Kier molecular flexibility index (Phi) is 6.78. The van der Waals surface area contributed by atoms with Crippen LogP contribution in [0, 0.1) is 20.2 Å². The van der Waals surface area contributed by atoms with Gasteiger partial charge in [-0.05, 0) is 19.4 Å². The summed E-state index contributed by atoms with van der Waals surface area (Å²) in [7, 11) is 1.33. The average molecular weight is 339 g/mol. The molecule has 1 amide bonds. The molecule has 0 aliphatic rings. The van der Waals surface area contributed by atoms with Crippen LogP contribution in [-0.4, -0.2) is 35.4 Å². The molecule has 0 fully saturated rings. The van der Waals surface area contributed by atoms with Gasteiger partial charge in [0.2, 0.25) is 5.91 Å². The monoisotopic (exact) mass is 339 g/mol. The summed E-state index contributed by atoms with van der Waals surface area (Å²) >= 11 is 0. The Morgan fingerprint density at radius 3 is 2.38 bits per heavy atom. The highest BCUT2D eigenvalue weighted by atomic mass is 16.6. The third kappa shape index (κ3) is 5.00. The molecule has 0 unspecified atom stereocenters. The number of carbonyl (C=O) groups is 2. The Labute approximate surface area is 137 Å². The van der Waals surface area contributed by atoms with Crippen LogP contribution in [0.1, 0.15) is 26.2 Å². The fourth-order valence-electron chi connectivity index (χ4n) is 1.97. The molecule has 1 aromatic rings. The predicted molar refractivity (Wildman–Crippen MR) is 83.6 cm³/mol. The van der Waals surface area contributed by atoms with Crippen molar-refractivity contribution in [1.29, 1.82) is 0 Å². The van der Waals surface area contributed by atoms with Gasteiger partial charge < -0.3 is 9.64 Å². The topological polar surface area (TPSA) is 133 Å². The molecular weight excluding hydrogens is 322 g/mol. The first kappa shape index (κ1) is 19.0. The highest BCUT2D eigenvalue weighted by molar-refractivity contribution is 5.95. The summed E-state index contributed by atoms with van der Waals surface area (Å²) in [6, 6.07) is 3.04. The summed E-state index contributed by atoms with van der Waals surface area (Å²) in [6.07, 6.45) is 0.294. The Morgan fingerprint density at radius 1 is 1.17 bits per heavy atom. The molecule has 0 N–H and O–H groups in total. The second-order valence-electron chi connectivity index (χ2n) is 4.80. The Bertz CT molecular complexity index is 660. The van der Waals surface area contributed by atoms with E-state index >= 15 is 0 Å². The zero-order valence-corrected chi connectivity index (χ0v) is 13.3. The molecular formula is C14H17N3O7. The average Bonchev–Trinajstić information content (AvgIpc) is 2.53. The second-order valence-corrected chi connectivity index (χ2v) is 4.80. The summed E-state index contributed by atoms with van der Waals surface area (Å²) in [5.74, 6) is -0.870. The van der Waals surface area contributed by atoms with E-state index in [-0.39, 0.29) is 31.6 Å². The van der Waals surface area contributed by atoms with E-state index in [1.807, 2.05) is 0 Å². The van der Waals surface area contributed by atoms with Crippen LogP contribution in [0.3, 0.4) is 0 Å². The van der Waals surface area contributed by atoms with Gasteiger partial charge in [-0.3, -0.25) is 29.8 Å². The van der Waals surface area contributed by atoms with Crippen molar-refractivity contribution in [1.82, 2.24) is 0 Å². The Balaban J connectivity index is 2.84. The SMILES string of the molecule is CCOC(=O)CCCC(=O)N(C)c1ccc([N+](=O)[O-])cc1[N+](=O)[O-]. The lowest BCUT2D eigenvalue weighted by atomic mass is 10.2. The van der Waals surface area contributed by atoms with Crippen LogP contribution >= 0.6 is 0 Å². The molecule has 10 nitrogen and oxygen atoms in total. The van der Waals surface area contributed by atoms with Crippen molar-refractivity contribution in [3.8, 4) is 0 Å². The normalized spacial score (nSPS) is 10.1. The zero-order chi connectivity index (χ0) is 18.3. The summed E-state index contributed by atoms with van der Waals surface area (Å²) in [5, 5.41) is 21.8. The van der Waals surface area contributed by atoms with Gasteiger partial charge in [0.15, 0.2) is 0 Å². The van der Waals surface area contributed by atoms with Gasteiger partial charge in [0.25, 0.3) is 11.4 Å². The molecule has 0 aromatic heterocycles. The van der Waals surface area contributed by atoms with Crippen LogP contribution in [0.4, 0.5) is 17.1 Å². The number of amides is 1. The summed E-state index contributed by atoms with van der Waals surface area (Å²) < 4.78 is 4.74. The number of rotatable bonds is 8. The van der Waals surface area contributed by atoms with Gasteiger partial charge in [-0.2, -0.15) is 0 Å². The summed E-state index contributed by atoms with van der Waals surface area (Å²) in [6.45, 7) is 1.92. The molecule has 0 aliphatic heterocycles. The highest BCUT2D eigenvalue weighted by Gasteiger charge is 2.24. The summed E-state index contributed by atoms with van der Waals surface area (Å²) in [5.41, 5.74) is -1.02. The van der Waals surface area contributed by atoms with Crippen LogP contribution in [0.25, 0.3) is 0 Å². The third-order valence-electron chi connectivity index (χ3n) is 3.18. The van der Waals surface area contributed by atoms with Crippen LogP contribution in [0.15, 0.2) is 18.2 Å². The fourth-order valence-corrected chi connectivity index (χ4v) is 1.97. The minimum Gasteiger partial charge on any atom is -0.466 e. The van der Waals surface area contributed by atoms with E-state index in [4.69, 9.17) is 4.74 Å². The largest absolute Gasteiger partial charge is 0.466 e. The van der Waals surface area contributed by atoms with Crippen molar-refractivity contribution in [3.05, 3.63) is 38.4 Å². The number of nitro groups is 2. The number of esters is 1. The lowest BCUT2D eigenvalue weighted by Crippen LogP contribution is -2.26. The first-order chi connectivity index (χ1) is 11.3. The standard InChI is InChI=1S/C14H17N3O7/c1-3-24-14(19)6-4-5-13(18)15(2)11-8-7-10(16(20)21)9-12(11)17(22)23/h7-9H,3-6H2,1-2H3. The van der Waals surface area contributed by atoms with E-state index in [2.05, 4.69) is 0 Å². The molecule has 0 saturated heterocycles. The zero-order valence-electron chi connectivity index (χ0n) is 13.3. The first-order valence-corrected chi connectivity index (χ1v) is 7.13. The third-order valence-corrected chi connectivity index (χ3v) is 3.18. The number of nitro benzene ring substituents is 2. The van der Waals surface area contributed by atoms with Crippen molar-refractivity contribution < 1.29 is 24.2 Å². The number of non-ortho nitro benzene ring substituents is 1. The van der Waals surface area contributed by atoms with Crippen molar-refractivity contribution >= 4 is 28.9 Å². The van der Waals surface area contributed by atoms with Gasteiger partial charge in [-0.25, -0.2) is 0 Å². The first-order valence-electron chi connectivity index (χ1n) is 7.13. The van der Waals surface area contributed by atoms with Crippen LogP contribution in [0.5, 0.6) is 0 Å². The quantitative estimate of drug-likeness (QED) is 0.402. The van der Waals surface area contributed by atoms with Crippen molar-refractivity contribution in [2.24, 2.45) is 0 Å². The number of nitrogens with zero attached hydrogens (tertiary/aromatic N) is 3. The molecule has 130 valence electrons. The van der Waals surface area contributed by atoms with E-state index < -0.39 is 33.1 Å². The Hall–Kier alpha value is -3.04. The molecule has 0 heterocycles. The molecule has 0 aliphatic carbocycles. The van der Waals surface area contributed by atoms with Crippen LogP contribution in [-0.2, 0) is 14.3 Å². The van der Waals surface area contributed by atoms with Crippen LogP contribution in [0.2, 0.25) is 0 Å². The van der Waals surface area contributed by atoms with Gasteiger partial charge in [0, 0.05) is 26.0 Å². The maximum absolute atomic E-state index is 12.1. The minimum atomic E-state index is -0.787. The molecule has 0 saturated carbocycles. The van der Waals surface area contributed by atoms with Gasteiger partial charge in [0.1, 0.15) is 5.69 Å². The molecule has 0 atom stereocenters. The van der Waals surface area contributed by atoms with Crippen LogP contribution < -0.4 is 4.90 Å². The van der Waals surface area contributed by atoms with E-state index in [0.717, 1.165) is 23.1 Å². The lowest BCUT2D eigenvalue weighted by Gasteiger charge is -2.17. The number of ether oxygens (including phenoxy) is 1. The smallest absolute Gasteiger partial charge is 0.305 e. The van der Waals surface area contributed by atoms with E-state index in [1.54, 1.807) is 6.92 Å². The van der Waals surface area contributed by atoms with E-state index in [0.29, 0.717) is 0 Å². The van der Waals surface area contributed by atoms with E-state index in [1.165, 1.54) is 7.05 Å². The number of anilines is 1. The van der Waals surface area contributed by atoms with Crippen molar-refractivity contribution in [2.45, 2.75) is 26.2 Å². The van der Waals surface area contributed by atoms with Gasteiger partial charge in [-0.1, -0.05) is 0 Å². The second kappa shape index (κ2) is 8.56. The van der Waals surface area contributed by atoms with Gasteiger partial charge in [0.05, 0.1) is 22.5 Å². The number of benzene rings is 1. The summed E-state index contributed by atoms with van der Waals surface area (Å²) in [4.78, 5) is 44.6. The maximum atomic E-state index is 12.1. The number of carbonyl (C=O) groups excluding carboxylic acids is 2. The molecule has 10 heteroatoms. The molecule has 24 heavy (non-hydrogen) atoms. The molecule has 0 radical (unpaired) electrons. The number of hydrogen-bond donors (Lipinski definition) is 0. The Morgan fingerprint density at radius 2 is 1.83 bits per heavy atom. The van der Waals surface area contributed by atoms with Gasteiger partial charge in [-0.15, -0.1) is 0 Å². The molecule has 1 rings (SSSR count). The lowest BCUT2D eigenvalue weighted by molar-refractivity contribution is -0.393. The van der Waals surface area contributed by atoms with Crippen molar-refractivity contribution in [2.75, 3.05) is 18.6 Å². The molecule has 1 aromatic carbocycles. The fraction of sp³-hybridized carbons (Fsp3) is 0.429. The minimum absolute atomic E-state index is 0.0105. The molecule has 0 spiro atoms. The van der Waals surface area contributed by atoms with Gasteiger partial charge >= 0.3 is 5.97 Å². The maximum Gasteiger partial charge on any atom is 0.305 e. The van der Waals surface area contributed by atoms with Crippen molar-refractivity contribution in [3.63, 3.8) is 0 Å². The predicted octanol–water partition coefficient (Wildman–Crippen LogP) is 2.20. The molecule has 0 bridgehead atoms. The van der Waals surface area contributed by atoms with E-state index in [9.17, 15) is 29.8 Å². The number of hydrogen-bond acceptors (Lipinski definition) is 7. The highest BCUT2D eigenvalue weighted by Crippen LogP contribution is 2.31.